The van der Waals surface area contributed by atoms with Crippen LogP contribution in [0, 0.1) is 0 Å². The third-order valence-corrected chi connectivity index (χ3v) is 17.3. The molecule has 23 heteroatoms. The number of aliphatic hydroxyl groups is 11. The first-order valence-corrected chi connectivity index (χ1v) is 33.4. The molecule has 3 saturated heterocycles. The number of rotatable bonds is 50. The lowest BCUT2D eigenvalue weighted by Crippen LogP contribution is -2.70. The van der Waals surface area contributed by atoms with Crippen molar-refractivity contribution in [3.8, 4) is 0 Å². The predicted molar refractivity (Wildman–Crippen MR) is 320 cm³/mol. The smallest absolute Gasteiger partial charge is 0.364 e. The summed E-state index contributed by atoms with van der Waals surface area (Å²) in [6, 6.07) is -2.52. The van der Waals surface area contributed by atoms with Gasteiger partial charge >= 0.3 is 5.97 Å². The molecule has 0 aromatic rings. The quantitative estimate of drug-likeness (QED) is 0.0358. The van der Waals surface area contributed by atoms with Gasteiger partial charge in [0.05, 0.1) is 50.7 Å². The summed E-state index contributed by atoms with van der Waals surface area (Å²) in [6.45, 7) is 2.19. The maximum absolute atomic E-state index is 13.4. The summed E-state index contributed by atoms with van der Waals surface area (Å²) < 4.78 is 34.8. The van der Waals surface area contributed by atoms with Crippen LogP contribution in [0.4, 0.5) is 0 Å². The van der Waals surface area contributed by atoms with Crippen molar-refractivity contribution >= 4 is 17.8 Å². The van der Waals surface area contributed by atoms with Crippen molar-refractivity contribution in [3.05, 3.63) is 0 Å². The van der Waals surface area contributed by atoms with Gasteiger partial charge in [0, 0.05) is 19.8 Å². The Kier molecular flexibility index (Phi) is 40.9. The van der Waals surface area contributed by atoms with Crippen LogP contribution in [0.3, 0.4) is 0 Å². The van der Waals surface area contributed by atoms with Crippen LogP contribution in [0.5, 0.6) is 0 Å². The highest BCUT2D eigenvalue weighted by molar-refractivity contribution is 5.77. The summed E-state index contributed by atoms with van der Waals surface area (Å²) in [5, 5.41) is 136. The molecule has 23 nitrogen and oxygen atoms in total. The van der Waals surface area contributed by atoms with E-state index in [0.29, 0.717) is 19.3 Å². The molecular weight excluding hydrogens is 1120 g/mol. The van der Waals surface area contributed by atoms with Crippen LogP contribution in [0.2, 0.25) is 0 Å². The number of aliphatic carboxylic acids is 1. The number of ether oxygens (including phenoxy) is 6. The Hall–Kier alpha value is -2.27. The molecule has 3 rings (SSSR count). The highest BCUT2D eigenvalue weighted by Gasteiger charge is 2.60. The van der Waals surface area contributed by atoms with Crippen LogP contribution >= 0.6 is 0 Å². The number of unbranched alkanes of at least 4 members (excludes halogenated alkanes) is 30. The lowest BCUT2D eigenvalue weighted by molar-refractivity contribution is -0.386. The van der Waals surface area contributed by atoms with E-state index in [0.717, 1.165) is 58.3 Å². The van der Waals surface area contributed by atoms with Crippen molar-refractivity contribution in [1.82, 2.24) is 10.6 Å². The molecule has 3 fully saturated rings. The van der Waals surface area contributed by atoms with Gasteiger partial charge in [-0.15, -0.1) is 0 Å². The number of hydrogen-bond acceptors (Lipinski definition) is 20. The van der Waals surface area contributed by atoms with E-state index < -0.39 is 148 Å². The Balaban J connectivity index is 1.59. The number of hydrogen-bond donors (Lipinski definition) is 14. The van der Waals surface area contributed by atoms with Crippen LogP contribution in [0.1, 0.15) is 245 Å². The summed E-state index contributed by atoms with van der Waals surface area (Å²) in [6.07, 6.45) is 9.80. The fraction of sp³-hybridized carbons (Fsp3) is 0.952. The minimum absolute atomic E-state index is 0.228. The fourth-order valence-corrected chi connectivity index (χ4v) is 11.9. The van der Waals surface area contributed by atoms with Gasteiger partial charge in [0.2, 0.25) is 11.8 Å². The van der Waals surface area contributed by atoms with E-state index in [1.807, 2.05) is 0 Å². The van der Waals surface area contributed by atoms with Crippen molar-refractivity contribution in [2.75, 3.05) is 26.4 Å². The standard InChI is InChI=1S/C63H118N2O21/c1-4-6-8-10-12-14-16-17-18-19-20-21-22-23-24-25-27-28-30-32-34-36-45(70)44(65-50(73)37-35-33-31-29-26-15-13-11-9-7-5-2)42-81-60-55(77)54(76)57(49(41-68)83-60)84-61-56(78)59(53(75)48(40-67)82-61)86-63(62(79)80)38-46(71)51(64-43(3)69)58(85-63)52(74)47(72)39-66/h44-49,51-61,66-68,70-72,74-78H,4-42H2,1-3H3,(H,64,69)(H,65,73)(H,79,80). The van der Waals surface area contributed by atoms with Gasteiger partial charge in [-0.2, -0.15) is 0 Å². The molecule has 2 amide bonds. The summed E-state index contributed by atoms with van der Waals surface area (Å²) >= 11 is 0. The van der Waals surface area contributed by atoms with Crippen LogP contribution < -0.4 is 10.6 Å². The van der Waals surface area contributed by atoms with Gasteiger partial charge < -0.3 is 100 Å². The first-order valence-electron chi connectivity index (χ1n) is 33.4. The molecule has 0 aromatic carbocycles. The fourth-order valence-electron chi connectivity index (χ4n) is 11.9. The molecule has 3 aliphatic heterocycles. The largest absolute Gasteiger partial charge is 0.477 e. The number of carboxylic acids is 1. The zero-order chi connectivity index (χ0) is 63.3. The highest BCUT2D eigenvalue weighted by atomic mass is 16.8. The Morgan fingerprint density at radius 2 is 1.01 bits per heavy atom. The summed E-state index contributed by atoms with van der Waals surface area (Å²) in [5.41, 5.74) is 0. The molecule has 18 atom stereocenters. The average molecular weight is 1240 g/mol. The first-order chi connectivity index (χ1) is 41.4. The molecule has 0 aliphatic carbocycles. The van der Waals surface area contributed by atoms with Gasteiger partial charge in [-0.3, -0.25) is 9.59 Å². The zero-order valence-electron chi connectivity index (χ0n) is 52.4. The molecule has 3 heterocycles. The van der Waals surface area contributed by atoms with E-state index in [2.05, 4.69) is 24.5 Å². The van der Waals surface area contributed by atoms with Crippen molar-refractivity contribution in [3.63, 3.8) is 0 Å². The maximum atomic E-state index is 13.4. The second-order valence-corrected chi connectivity index (χ2v) is 24.7. The molecule has 3 aliphatic rings. The molecular formula is C63H118N2O21. The van der Waals surface area contributed by atoms with Crippen LogP contribution in [-0.2, 0) is 42.8 Å². The Labute approximate surface area is 512 Å². The monoisotopic (exact) mass is 1240 g/mol. The van der Waals surface area contributed by atoms with E-state index in [9.17, 15) is 75.7 Å². The lowest BCUT2D eigenvalue weighted by Gasteiger charge is -2.50. The number of amides is 2. The van der Waals surface area contributed by atoms with Crippen LogP contribution in [0.15, 0.2) is 0 Å². The first kappa shape index (κ1) is 78.0. The van der Waals surface area contributed by atoms with E-state index in [-0.39, 0.29) is 18.9 Å². The molecule has 18 unspecified atom stereocenters. The van der Waals surface area contributed by atoms with Gasteiger partial charge in [0.25, 0.3) is 5.79 Å². The number of aliphatic hydroxyl groups excluding tert-OH is 11. The van der Waals surface area contributed by atoms with Crippen molar-refractivity contribution in [1.29, 1.82) is 0 Å². The number of carbonyl (C=O) groups is 3. The summed E-state index contributed by atoms with van der Waals surface area (Å²) in [7, 11) is 0. The second-order valence-electron chi connectivity index (χ2n) is 24.7. The third kappa shape index (κ3) is 28.1. The lowest BCUT2D eigenvalue weighted by atomic mass is 9.88. The van der Waals surface area contributed by atoms with Gasteiger partial charge in [0.1, 0.15) is 67.1 Å². The number of nitrogens with one attached hydrogen (secondary N) is 2. The van der Waals surface area contributed by atoms with Crippen molar-refractivity contribution in [2.45, 2.75) is 355 Å². The van der Waals surface area contributed by atoms with E-state index in [4.69, 9.17) is 28.4 Å². The van der Waals surface area contributed by atoms with Crippen molar-refractivity contribution < 1.29 is 104 Å². The van der Waals surface area contributed by atoms with Crippen LogP contribution in [0.25, 0.3) is 0 Å². The molecule has 0 bridgehead atoms. The molecule has 0 saturated carbocycles. The molecule has 86 heavy (non-hydrogen) atoms. The minimum atomic E-state index is -3.08. The SMILES string of the molecule is CCCCCCCCCCCCCCCCCCCCCCCC(O)C(COC1OC(CO)C(OC2OC(CO)C(O)C(OC3(C(=O)O)CC(O)C(NC(C)=O)C(C(O)C(O)CO)O3)C2O)C(O)C1O)NC(=O)CCCCCCCCCCCCC. The Morgan fingerprint density at radius 3 is 1.45 bits per heavy atom. The number of carboxylic acid groups (broad SMARTS) is 1. The zero-order valence-corrected chi connectivity index (χ0v) is 52.4. The van der Waals surface area contributed by atoms with Gasteiger partial charge in [-0.05, 0) is 12.8 Å². The van der Waals surface area contributed by atoms with Crippen LogP contribution in [-0.4, -0.2) is 215 Å². The van der Waals surface area contributed by atoms with E-state index >= 15 is 0 Å². The van der Waals surface area contributed by atoms with Gasteiger partial charge in [-0.25, -0.2) is 4.79 Å². The van der Waals surface area contributed by atoms with Crippen molar-refractivity contribution in [2.24, 2.45) is 0 Å². The third-order valence-electron chi connectivity index (χ3n) is 17.3. The maximum Gasteiger partial charge on any atom is 0.364 e. The summed E-state index contributed by atoms with van der Waals surface area (Å²) in [5.74, 6) is -6.10. The molecule has 0 aromatic heterocycles. The molecule has 506 valence electrons. The van der Waals surface area contributed by atoms with Gasteiger partial charge in [-0.1, -0.05) is 213 Å². The molecule has 0 radical (unpaired) electrons. The molecule has 14 N–H and O–H groups in total. The molecule has 0 spiro atoms. The predicted octanol–water partition coefficient (Wildman–Crippen LogP) is 4.95. The minimum Gasteiger partial charge on any atom is -0.477 e. The average Bonchev–Trinajstić information content (AvgIpc) is 0.900. The number of carbonyl (C=O) groups excluding carboxylic acids is 2. The van der Waals surface area contributed by atoms with Gasteiger partial charge in [0.15, 0.2) is 12.6 Å². The topological polar surface area (TPSA) is 373 Å². The Morgan fingerprint density at radius 1 is 0.558 bits per heavy atom. The summed E-state index contributed by atoms with van der Waals surface area (Å²) in [4.78, 5) is 38.4. The van der Waals surface area contributed by atoms with E-state index in [1.54, 1.807) is 0 Å². The normalized spacial score (nSPS) is 29.3. The van der Waals surface area contributed by atoms with E-state index in [1.165, 1.54) is 141 Å². The second kappa shape index (κ2) is 45.1. The highest BCUT2D eigenvalue weighted by Crippen LogP contribution is 2.39. The Bertz CT molecular complexity index is 1760.